The van der Waals surface area contributed by atoms with Crippen LogP contribution in [0, 0.1) is 0 Å². The van der Waals surface area contributed by atoms with E-state index in [1.807, 2.05) is 28.8 Å². The Morgan fingerprint density at radius 2 is 1.86 bits per heavy atom. The first-order valence-electron chi connectivity index (χ1n) is 5.96. The van der Waals surface area contributed by atoms with Crippen molar-refractivity contribution in [3.8, 4) is 5.75 Å². The fourth-order valence-electron chi connectivity index (χ4n) is 1.97. The minimum absolute atomic E-state index is 0.0934. The molecule has 0 atom stereocenters. The molecule has 0 amide bonds. The minimum Gasteiger partial charge on any atom is -0.497 e. The fraction of sp³-hybridized carbons (Fsp3) is 0.154. The van der Waals surface area contributed by atoms with Gasteiger partial charge in [-0.3, -0.25) is 4.57 Å². The molecule has 2 heterocycles. The van der Waals surface area contributed by atoms with Gasteiger partial charge in [0.2, 0.25) is 5.28 Å². The Labute approximate surface area is 139 Å². The van der Waals surface area contributed by atoms with Gasteiger partial charge in [-0.1, -0.05) is 23.7 Å². The molecule has 5 nitrogen and oxygen atoms in total. The van der Waals surface area contributed by atoms with Gasteiger partial charge in [0.1, 0.15) is 11.3 Å². The average molecular weight is 388 g/mol. The maximum Gasteiger partial charge on any atom is 0.225 e. The number of ether oxygens (including phenoxy) is 1. The number of nitrogens with zero attached hydrogens (tertiary/aromatic N) is 4. The second kappa shape index (κ2) is 5.79. The SMILES string of the molecule is COc1ccc(Cn2c(Br)nc3c(Cl)nc(Cl)nc32)cc1. The molecule has 1 aromatic carbocycles. The third-order valence-corrected chi connectivity index (χ3v) is 4.02. The van der Waals surface area contributed by atoms with E-state index in [4.69, 9.17) is 27.9 Å². The molecule has 0 bridgehead atoms. The van der Waals surface area contributed by atoms with Crippen LogP contribution >= 0.6 is 39.1 Å². The van der Waals surface area contributed by atoms with E-state index in [2.05, 4.69) is 30.9 Å². The zero-order chi connectivity index (χ0) is 15.0. The fourth-order valence-corrected chi connectivity index (χ4v) is 2.85. The molecule has 0 unspecified atom stereocenters. The molecule has 2 aromatic heterocycles. The third-order valence-electron chi connectivity index (χ3n) is 2.98. The van der Waals surface area contributed by atoms with E-state index in [1.165, 1.54) is 0 Å². The van der Waals surface area contributed by atoms with Gasteiger partial charge in [-0.05, 0) is 45.2 Å². The normalized spacial score (nSPS) is 11.0. The van der Waals surface area contributed by atoms with Gasteiger partial charge in [0.05, 0.1) is 13.7 Å². The average Bonchev–Trinajstić information content (AvgIpc) is 2.77. The minimum atomic E-state index is 0.0934. The van der Waals surface area contributed by atoms with Gasteiger partial charge in [-0.15, -0.1) is 0 Å². The predicted molar refractivity (Wildman–Crippen MR) is 85.1 cm³/mol. The zero-order valence-corrected chi connectivity index (χ0v) is 13.9. The van der Waals surface area contributed by atoms with Crippen LogP contribution < -0.4 is 4.74 Å². The lowest BCUT2D eigenvalue weighted by atomic mass is 10.2. The lowest BCUT2D eigenvalue weighted by molar-refractivity contribution is 0.414. The van der Waals surface area contributed by atoms with Crippen molar-refractivity contribution in [3.63, 3.8) is 0 Å². The highest BCUT2D eigenvalue weighted by Crippen LogP contribution is 2.26. The van der Waals surface area contributed by atoms with E-state index in [-0.39, 0.29) is 10.4 Å². The van der Waals surface area contributed by atoms with Crippen molar-refractivity contribution in [2.24, 2.45) is 0 Å². The number of benzene rings is 1. The quantitative estimate of drug-likeness (QED) is 0.388. The molecular weight excluding hydrogens is 379 g/mol. The number of hydrogen-bond donors (Lipinski definition) is 0. The number of fused-ring (bicyclic) bond motifs is 1. The van der Waals surface area contributed by atoms with Crippen LogP contribution in [0.15, 0.2) is 29.0 Å². The van der Waals surface area contributed by atoms with E-state index >= 15 is 0 Å². The van der Waals surface area contributed by atoms with Gasteiger partial charge < -0.3 is 4.74 Å². The smallest absolute Gasteiger partial charge is 0.225 e. The van der Waals surface area contributed by atoms with Crippen molar-refractivity contribution < 1.29 is 4.74 Å². The summed E-state index contributed by atoms with van der Waals surface area (Å²) in [5.41, 5.74) is 2.17. The van der Waals surface area contributed by atoms with Gasteiger partial charge in [0, 0.05) is 0 Å². The Balaban J connectivity index is 2.05. The molecule has 108 valence electrons. The number of imidazole rings is 1. The zero-order valence-electron chi connectivity index (χ0n) is 10.8. The van der Waals surface area contributed by atoms with Crippen LogP contribution in [0.1, 0.15) is 5.56 Å². The summed E-state index contributed by atoms with van der Waals surface area (Å²) in [6.45, 7) is 0.574. The maximum absolute atomic E-state index is 6.04. The highest BCUT2D eigenvalue weighted by atomic mass is 79.9. The molecule has 0 aliphatic rings. The molecule has 0 saturated carbocycles. The number of aromatic nitrogens is 4. The number of hydrogen-bond acceptors (Lipinski definition) is 4. The van der Waals surface area contributed by atoms with E-state index < -0.39 is 0 Å². The molecular formula is C13H9BrCl2N4O. The molecule has 0 spiro atoms. The van der Waals surface area contributed by atoms with E-state index in [0.717, 1.165) is 11.3 Å². The number of rotatable bonds is 3. The Kier molecular flexibility index (Phi) is 4.01. The molecule has 8 heteroatoms. The Morgan fingerprint density at radius 1 is 1.14 bits per heavy atom. The molecule has 0 radical (unpaired) electrons. The van der Waals surface area contributed by atoms with Crippen molar-refractivity contribution in [2.45, 2.75) is 6.54 Å². The molecule has 0 saturated heterocycles. The van der Waals surface area contributed by atoms with Gasteiger partial charge in [-0.2, -0.15) is 4.98 Å². The van der Waals surface area contributed by atoms with E-state index in [9.17, 15) is 0 Å². The topological polar surface area (TPSA) is 52.8 Å². The van der Waals surface area contributed by atoms with Crippen molar-refractivity contribution in [1.82, 2.24) is 19.5 Å². The number of halogens is 3. The molecule has 21 heavy (non-hydrogen) atoms. The summed E-state index contributed by atoms with van der Waals surface area (Å²) >= 11 is 15.3. The van der Waals surface area contributed by atoms with Crippen molar-refractivity contribution in [2.75, 3.05) is 7.11 Å². The van der Waals surface area contributed by atoms with Crippen LogP contribution in [-0.2, 0) is 6.54 Å². The second-order valence-corrected chi connectivity index (χ2v) is 5.68. The van der Waals surface area contributed by atoms with Gasteiger partial charge >= 0.3 is 0 Å². The summed E-state index contributed by atoms with van der Waals surface area (Å²) < 4.78 is 7.63. The Hall–Kier alpha value is -1.37. The van der Waals surface area contributed by atoms with Crippen LogP contribution in [0.5, 0.6) is 5.75 Å². The summed E-state index contributed by atoms with van der Waals surface area (Å²) in [5.74, 6) is 0.807. The van der Waals surface area contributed by atoms with Gasteiger partial charge in [-0.25, -0.2) is 9.97 Å². The summed E-state index contributed by atoms with van der Waals surface area (Å²) in [6, 6.07) is 7.75. The van der Waals surface area contributed by atoms with Gasteiger partial charge in [0.15, 0.2) is 15.5 Å². The largest absolute Gasteiger partial charge is 0.497 e. The van der Waals surface area contributed by atoms with Crippen LogP contribution in [0.4, 0.5) is 0 Å². The lowest BCUT2D eigenvalue weighted by Gasteiger charge is -2.07. The molecule has 0 fully saturated rings. The molecule has 0 aliphatic carbocycles. The monoisotopic (exact) mass is 386 g/mol. The Bertz CT molecular complexity index is 804. The van der Waals surface area contributed by atoms with Crippen molar-refractivity contribution in [3.05, 3.63) is 45.0 Å². The van der Waals surface area contributed by atoms with Gasteiger partial charge in [0.25, 0.3) is 0 Å². The summed E-state index contributed by atoms with van der Waals surface area (Å²) in [5, 5.41) is 0.329. The molecule has 3 rings (SSSR count). The van der Waals surface area contributed by atoms with Crippen LogP contribution in [-0.4, -0.2) is 26.6 Å². The molecule has 3 aromatic rings. The highest BCUT2D eigenvalue weighted by Gasteiger charge is 2.15. The first kappa shape index (κ1) is 14.6. The number of methoxy groups -OCH3 is 1. The summed E-state index contributed by atoms with van der Waals surface area (Å²) in [6.07, 6.45) is 0. The van der Waals surface area contributed by atoms with Crippen molar-refractivity contribution in [1.29, 1.82) is 0 Å². The van der Waals surface area contributed by atoms with Crippen molar-refractivity contribution >= 4 is 50.3 Å². The summed E-state index contributed by atoms with van der Waals surface area (Å²) in [4.78, 5) is 12.4. The standard InChI is InChI=1S/C13H9BrCl2N4O/c1-21-8-4-2-7(3-5-8)6-20-11-9(17-12(20)14)10(15)18-13(16)19-11/h2-5H,6H2,1H3. The first-order chi connectivity index (χ1) is 10.1. The first-order valence-corrected chi connectivity index (χ1v) is 7.51. The third kappa shape index (κ3) is 2.84. The summed E-state index contributed by atoms with van der Waals surface area (Å²) in [7, 11) is 1.63. The maximum atomic E-state index is 6.04. The Morgan fingerprint density at radius 3 is 2.52 bits per heavy atom. The van der Waals surface area contributed by atoms with Crippen LogP contribution in [0.3, 0.4) is 0 Å². The molecule has 0 aliphatic heterocycles. The van der Waals surface area contributed by atoms with E-state index in [1.54, 1.807) is 7.11 Å². The van der Waals surface area contributed by atoms with Crippen LogP contribution in [0.2, 0.25) is 10.4 Å². The lowest BCUT2D eigenvalue weighted by Crippen LogP contribution is -2.01. The van der Waals surface area contributed by atoms with E-state index in [0.29, 0.717) is 22.4 Å². The molecule has 0 N–H and O–H groups in total. The predicted octanol–water partition coefficient (Wildman–Crippen LogP) is 3.95. The highest BCUT2D eigenvalue weighted by molar-refractivity contribution is 9.10. The second-order valence-electron chi connectivity index (χ2n) is 4.27. The van der Waals surface area contributed by atoms with Crippen LogP contribution in [0.25, 0.3) is 11.2 Å².